The molecule has 1 fully saturated rings. The van der Waals surface area contributed by atoms with Crippen LogP contribution in [0.15, 0.2) is 60.7 Å². The zero-order valence-corrected chi connectivity index (χ0v) is 15.1. The van der Waals surface area contributed by atoms with Gasteiger partial charge in [-0.25, -0.2) is 0 Å². The number of likely N-dealkylation sites (tertiary alicyclic amines) is 1. The first-order chi connectivity index (χ1) is 11.7. The van der Waals surface area contributed by atoms with Gasteiger partial charge >= 0.3 is 148 Å². The number of hydrogen-bond donors (Lipinski definition) is 0. The Hall–Kier alpha value is -2.10. The van der Waals surface area contributed by atoms with Crippen molar-refractivity contribution in [2.45, 2.75) is 17.3 Å². The normalized spacial score (nSPS) is 20.0. The Morgan fingerprint density at radius 3 is 2.29 bits per heavy atom. The van der Waals surface area contributed by atoms with Gasteiger partial charge in [0.25, 0.3) is 0 Å². The molecule has 0 bridgehead atoms. The third kappa shape index (κ3) is 3.69. The molecular weight excluding hydrogens is 369 g/mol. The molecule has 1 amide bonds. The maximum atomic E-state index is 12.8. The number of methoxy groups -OCH3 is 1. The standard InChI is InChI=1S/C19H19NO3Se/c1-23-19(22)17-12-16(24-15-10-6-3-7-11-15)13-20(17)18(21)14-8-4-2-5-9-14/h2-11,16-17H,12-13H2,1H3/t16-,17+/m0/s1. The van der Waals surface area contributed by atoms with Gasteiger partial charge < -0.3 is 0 Å². The van der Waals surface area contributed by atoms with Crippen molar-refractivity contribution in [3.8, 4) is 0 Å². The van der Waals surface area contributed by atoms with E-state index in [4.69, 9.17) is 4.74 Å². The average molecular weight is 388 g/mol. The Morgan fingerprint density at radius 1 is 1.04 bits per heavy atom. The average Bonchev–Trinajstić information content (AvgIpc) is 3.05. The summed E-state index contributed by atoms with van der Waals surface area (Å²) in [4.78, 5) is 26.9. The number of amides is 1. The number of benzene rings is 2. The van der Waals surface area contributed by atoms with E-state index in [1.807, 2.05) is 36.4 Å². The molecule has 2 aromatic carbocycles. The van der Waals surface area contributed by atoms with Gasteiger partial charge in [-0.2, -0.15) is 0 Å². The van der Waals surface area contributed by atoms with Gasteiger partial charge in [0.2, 0.25) is 0 Å². The second-order valence-electron chi connectivity index (χ2n) is 5.65. The molecule has 5 heteroatoms. The van der Waals surface area contributed by atoms with Gasteiger partial charge in [0.15, 0.2) is 0 Å². The fourth-order valence-corrected chi connectivity index (χ4v) is 5.45. The van der Waals surface area contributed by atoms with Gasteiger partial charge in [0, 0.05) is 0 Å². The Labute approximate surface area is 148 Å². The van der Waals surface area contributed by atoms with Crippen LogP contribution in [-0.2, 0) is 9.53 Å². The van der Waals surface area contributed by atoms with Crippen LogP contribution in [0.1, 0.15) is 16.8 Å². The summed E-state index contributed by atoms with van der Waals surface area (Å²) in [7, 11) is 1.38. The van der Waals surface area contributed by atoms with E-state index in [1.54, 1.807) is 17.0 Å². The van der Waals surface area contributed by atoms with Crippen molar-refractivity contribution < 1.29 is 14.3 Å². The minimum atomic E-state index is -0.488. The number of esters is 1. The van der Waals surface area contributed by atoms with Crippen LogP contribution in [0.2, 0.25) is 4.82 Å². The first-order valence-corrected chi connectivity index (χ1v) is 9.69. The molecule has 0 radical (unpaired) electrons. The SMILES string of the molecule is COC(=O)[C@H]1C[C@H]([Se]c2ccccc2)CN1C(=O)c1ccccc1. The Morgan fingerprint density at radius 2 is 1.67 bits per heavy atom. The summed E-state index contributed by atoms with van der Waals surface area (Å²) in [6.07, 6.45) is 0.667. The Balaban J connectivity index is 1.78. The molecule has 1 heterocycles. The van der Waals surface area contributed by atoms with E-state index in [-0.39, 0.29) is 26.8 Å². The second kappa shape index (κ2) is 7.65. The van der Waals surface area contributed by atoms with Gasteiger partial charge in [-0.3, -0.25) is 0 Å². The van der Waals surface area contributed by atoms with Gasteiger partial charge in [0.05, 0.1) is 0 Å². The molecule has 2 aromatic rings. The van der Waals surface area contributed by atoms with Crippen molar-refractivity contribution in [2.75, 3.05) is 13.7 Å². The molecule has 0 spiro atoms. The van der Waals surface area contributed by atoms with E-state index in [0.717, 1.165) is 0 Å². The molecule has 124 valence electrons. The molecule has 1 saturated heterocycles. The Bertz CT molecular complexity index is 705. The fraction of sp³-hybridized carbons (Fsp3) is 0.263. The molecule has 2 atom stereocenters. The number of ether oxygens (including phenoxy) is 1. The summed E-state index contributed by atoms with van der Waals surface area (Å²) < 4.78 is 6.21. The van der Waals surface area contributed by atoms with E-state index in [1.165, 1.54) is 11.6 Å². The van der Waals surface area contributed by atoms with E-state index in [9.17, 15) is 9.59 Å². The monoisotopic (exact) mass is 389 g/mol. The predicted octanol–water partition coefficient (Wildman–Crippen LogP) is 1.89. The summed E-state index contributed by atoms with van der Waals surface area (Å²) in [6, 6.07) is 18.9. The molecule has 3 rings (SSSR count). The number of carbonyl (C=O) groups is 2. The topological polar surface area (TPSA) is 46.6 Å². The second-order valence-corrected chi connectivity index (χ2v) is 8.53. The summed E-state index contributed by atoms with van der Waals surface area (Å²) in [5, 5.41) is 0. The number of nitrogens with zero attached hydrogens (tertiary/aromatic N) is 1. The minimum absolute atomic E-state index is 0.0997. The summed E-state index contributed by atoms with van der Waals surface area (Å²) >= 11 is 0.221. The van der Waals surface area contributed by atoms with Crippen LogP contribution in [0.3, 0.4) is 0 Å². The fourth-order valence-electron chi connectivity index (χ4n) is 2.90. The van der Waals surface area contributed by atoms with Crippen LogP contribution in [-0.4, -0.2) is 51.4 Å². The van der Waals surface area contributed by atoms with Crippen LogP contribution in [0.25, 0.3) is 0 Å². The number of hydrogen-bond acceptors (Lipinski definition) is 3. The molecule has 4 nitrogen and oxygen atoms in total. The third-order valence-corrected chi connectivity index (χ3v) is 6.62. The Kier molecular flexibility index (Phi) is 5.34. The number of carbonyl (C=O) groups excluding carboxylic acids is 2. The van der Waals surface area contributed by atoms with Crippen LogP contribution in [0.4, 0.5) is 0 Å². The van der Waals surface area contributed by atoms with Crippen LogP contribution in [0, 0.1) is 0 Å². The first-order valence-electron chi connectivity index (χ1n) is 7.84. The van der Waals surface area contributed by atoms with Crippen molar-refractivity contribution >= 4 is 31.3 Å². The molecule has 0 saturated carbocycles. The summed E-state index contributed by atoms with van der Waals surface area (Å²) in [5.41, 5.74) is 0.610. The predicted molar refractivity (Wildman–Crippen MR) is 93.5 cm³/mol. The van der Waals surface area contributed by atoms with Crippen molar-refractivity contribution in [1.82, 2.24) is 4.90 Å². The van der Waals surface area contributed by atoms with E-state index >= 15 is 0 Å². The molecule has 24 heavy (non-hydrogen) atoms. The summed E-state index contributed by atoms with van der Waals surface area (Å²) in [6.45, 7) is 0.600. The zero-order valence-electron chi connectivity index (χ0n) is 13.4. The van der Waals surface area contributed by atoms with Gasteiger partial charge in [-0.05, 0) is 0 Å². The van der Waals surface area contributed by atoms with Crippen molar-refractivity contribution in [3.05, 3.63) is 66.2 Å². The maximum absolute atomic E-state index is 12.8. The van der Waals surface area contributed by atoms with Gasteiger partial charge in [-0.15, -0.1) is 0 Å². The van der Waals surface area contributed by atoms with E-state index in [0.29, 0.717) is 23.3 Å². The molecule has 1 aliphatic heterocycles. The molecule has 0 N–H and O–H groups in total. The zero-order chi connectivity index (χ0) is 16.9. The summed E-state index contributed by atoms with van der Waals surface area (Å²) in [5.74, 6) is -0.428. The van der Waals surface area contributed by atoms with E-state index in [2.05, 4.69) is 12.1 Å². The van der Waals surface area contributed by atoms with Crippen molar-refractivity contribution in [1.29, 1.82) is 0 Å². The van der Waals surface area contributed by atoms with Crippen LogP contribution in [0.5, 0.6) is 0 Å². The van der Waals surface area contributed by atoms with Crippen LogP contribution < -0.4 is 4.46 Å². The molecular formula is C19H19NO3Se. The molecule has 0 aliphatic carbocycles. The van der Waals surface area contributed by atoms with Crippen molar-refractivity contribution in [3.63, 3.8) is 0 Å². The number of rotatable bonds is 4. The van der Waals surface area contributed by atoms with E-state index < -0.39 is 6.04 Å². The molecule has 1 aliphatic rings. The van der Waals surface area contributed by atoms with Crippen LogP contribution >= 0.6 is 0 Å². The quantitative estimate of drug-likeness (QED) is 0.594. The van der Waals surface area contributed by atoms with Gasteiger partial charge in [0.1, 0.15) is 0 Å². The molecule has 0 aromatic heterocycles. The van der Waals surface area contributed by atoms with Crippen molar-refractivity contribution in [2.24, 2.45) is 0 Å². The molecule has 0 unspecified atom stereocenters. The third-order valence-electron chi connectivity index (χ3n) is 4.06. The van der Waals surface area contributed by atoms with Gasteiger partial charge in [-0.1, -0.05) is 0 Å². The first kappa shape index (κ1) is 16.7.